The predicted molar refractivity (Wildman–Crippen MR) is 88.8 cm³/mol. The van der Waals surface area contributed by atoms with E-state index in [1.165, 1.54) is 11.3 Å². The van der Waals surface area contributed by atoms with Crippen LogP contribution in [0.5, 0.6) is 0 Å². The highest BCUT2D eigenvalue weighted by Crippen LogP contribution is 2.49. The van der Waals surface area contributed by atoms with Gasteiger partial charge in [0.05, 0.1) is 5.41 Å². The van der Waals surface area contributed by atoms with E-state index in [4.69, 9.17) is 0 Å². The number of fused-ring (bicyclic) bond motifs is 1. The van der Waals surface area contributed by atoms with Gasteiger partial charge in [-0.2, -0.15) is 0 Å². The number of carboxylic acid groups (broad SMARTS) is 1. The molecule has 2 heterocycles. The van der Waals surface area contributed by atoms with Crippen LogP contribution in [0.15, 0.2) is 6.20 Å². The van der Waals surface area contributed by atoms with Crippen LogP contribution in [0.3, 0.4) is 0 Å². The fourth-order valence-corrected chi connectivity index (χ4v) is 4.51. The van der Waals surface area contributed by atoms with Crippen molar-refractivity contribution >= 4 is 28.5 Å². The smallest absolute Gasteiger partial charge is 0.323 e. The van der Waals surface area contributed by atoms with Gasteiger partial charge in [0.2, 0.25) is 0 Å². The van der Waals surface area contributed by atoms with E-state index in [1.807, 2.05) is 0 Å². The molecule has 1 aromatic heterocycles. The number of carbonyl (C=O) groups excluding carboxylic acids is 1. The predicted octanol–water partition coefficient (Wildman–Crippen LogP) is 3.16. The average Bonchev–Trinajstić information content (AvgIpc) is 3.09. The van der Waals surface area contributed by atoms with Crippen LogP contribution in [0, 0.1) is 11.3 Å². The van der Waals surface area contributed by atoms with Crippen LogP contribution in [0.2, 0.25) is 0 Å². The lowest BCUT2D eigenvalue weighted by molar-refractivity contribution is -0.149. The van der Waals surface area contributed by atoms with Gasteiger partial charge in [-0.3, -0.25) is 10.1 Å². The Morgan fingerprint density at radius 3 is 2.78 bits per heavy atom. The minimum absolute atomic E-state index is 0.00131. The highest BCUT2D eigenvalue weighted by molar-refractivity contribution is 7.15. The second-order valence-electron chi connectivity index (χ2n) is 7.64. The minimum Gasteiger partial charge on any atom is -0.481 e. The van der Waals surface area contributed by atoms with Gasteiger partial charge in [0, 0.05) is 24.2 Å². The number of aliphatic carboxylic acids is 1. The molecule has 2 atom stereocenters. The van der Waals surface area contributed by atoms with Crippen LogP contribution in [0.25, 0.3) is 0 Å². The molecule has 7 heteroatoms. The maximum Gasteiger partial charge on any atom is 0.323 e. The Morgan fingerprint density at radius 1 is 1.48 bits per heavy atom. The molecule has 2 amide bonds. The van der Waals surface area contributed by atoms with Gasteiger partial charge in [-0.1, -0.05) is 27.2 Å². The van der Waals surface area contributed by atoms with Crippen molar-refractivity contribution in [1.82, 2.24) is 9.88 Å². The second kappa shape index (κ2) is 5.47. The molecule has 126 valence electrons. The van der Waals surface area contributed by atoms with Gasteiger partial charge < -0.3 is 10.0 Å². The van der Waals surface area contributed by atoms with Crippen molar-refractivity contribution in [3.63, 3.8) is 0 Å². The first-order valence-corrected chi connectivity index (χ1v) is 8.80. The quantitative estimate of drug-likeness (QED) is 0.868. The van der Waals surface area contributed by atoms with E-state index in [0.29, 0.717) is 24.6 Å². The third-order valence-electron chi connectivity index (χ3n) is 5.04. The van der Waals surface area contributed by atoms with Crippen molar-refractivity contribution < 1.29 is 14.7 Å². The number of carboxylic acids is 1. The van der Waals surface area contributed by atoms with E-state index in [0.717, 1.165) is 17.7 Å². The molecule has 1 saturated carbocycles. The normalized spacial score (nSPS) is 27.1. The molecular formula is C16H23N3O3S. The Bertz CT molecular complexity index is 637. The molecule has 2 N–H and O–H groups in total. The number of urea groups is 1. The van der Waals surface area contributed by atoms with Crippen molar-refractivity contribution in [2.75, 3.05) is 18.4 Å². The summed E-state index contributed by atoms with van der Waals surface area (Å²) in [5.41, 5.74) is -0.741. The Morgan fingerprint density at radius 2 is 2.22 bits per heavy atom. The zero-order chi connectivity index (χ0) is 16.8. The maximum atomic E-state index is 12.5. The number of rotatable bonds is 2. The van der Waals surface area contributed by atoms with Crippen LogP contribution in [0.4, 0.5) is 9.93 Å². The van der Waals surface area contributed by atoms with Gasteiger partial charge in [-0.15, -0.1) is 11.3 Å². The Kier molecular flexibility index (Phi) is 3.86. The molecule has 6 nitrogen and oxygen atoms in total. The summed E-state index contributed by atoms with van der Waals surface area (Å²) in [5.74, 6) is -0.688. The van der Waals surface area contributed by atoms with Crippen molar-refractivity contribution in [2.24, 2.45) is 11.3 Å². The molecular weight excluding hydrogens is 314 g/mol. The number of nitrogens with one attached hydrogen (secondary N) is 1. The Balaban J connectivity index is 1.68. The maximum absolute atomic E-state index is 12.5. The van der Waals surface area contributed by atoms with Gasteiger partial charge >= 0.3 is 12.0 Å². The topological polar surface area (TPSA) is 82.5 Å². The van der Waals surface area contributed by atoms with E-state index in [2.05, 4.69) is 31.1 Å². The minimum atomic E-state index is -0.764. The molecule has 23 heavy (non-hydrogen) atoms. The Hall–Kier alpha value is -1.63. The lowest BCUT2D eigenvalue weighted by Crippen LogP contribution is -2.38. The number of likely N-dealkylation sites (tertiary alicyclic amines) is 1. The van der Waals surface area contributed by atoms with Crippen molar-refractivity contribution in [3.05, 3.63) is 11.1 Å². The molecule has 0 unspecified atom stereocenters. The largest absolute Gasteiger partial charge is 0.481 e. The molecule has 2 aliphatic rings. The number of amides is 2. The molecule has 1 aliphatic carbocycles. The lowest BCUT2D eigenvalue weighted by atomic mass is 9.81. The Labute approximate surface area is 139 Å². The fourth-order valence-electron chi connectivity index (χ4n) is 3.64. The summed E-state index contributed by atoms with van der Waals surface area (Å²) in [7, 11) is 0. The van der Waals surface area contributed by atoms with Crippen molar-refractivity contribution in [1.29, 1.82) is 0 Å². The summed E-state index contributed by atoms with van der Waals surface area (Å²) in [5, 5.41) is 13.0. The average molecular weight is 337 g/mol. The zero-order valence-electron chi connectivity index (χ0n) is 13.8. The van der Waals surface area contributed by atoms with Gasteiger partial charge in [-0.05, 0) is 24.2 Å². The summed E-state index contributed by atoms with van der Waals surface area (Å²) in [6.45, 7) is 7.13. The highest BCUT2D eigenvalue weighted by Gasteiger charge is 2.55. The SMILES string of the molecule is CC(C)(C)c1cnc(NC(=O)N2C[C@@H]3CCC[C@@]3(C(=O)O)C2)s1. The highest BCUT2D eigenvalue weighted by atomic mass is 32.1. The number of carbonyl (C=O) groups is 2. The van der Waals surface area contributed by atoms with Crippen molar-refractivity contribution in [2.45, 2.75) is 45.4 Å². The summed E-state index contributed by atoms with van der Waals surface area (Å²) in [4.78, 5) is 31.1. The van der Waals surface area contributed by atoms with E-state index in [1.54, 1.807) is 11.1 Å². The second-order valence-corrected chi connectivity index (χ2v) is 8.67. The van der Waals surface area contributed by atoms with Crippen LogP contribution < -0.4 is 5.32 Å². The molecule has 3 rings (SSSR count). The standard InChI is InChI=1S/C16H23N3O3S/c1-15(2,3)11-7-17-13(23-11)18-14(22)19-8-10-5-4-6-16(10,9-19)12(20)21/h7,10H,4-6,8-9H2,1-3H3,(H,20,21)(H,17,18,22)/t10-,16+/m0/s1. The van der Waals surface area contributed by atoms with Gasteiger partial charge in [-0.25, -0.2) is 9.78 Å². The molecule has 1 aliphatic heterocycles. The van der Waals surface area contributed by atoms with Gasteiger partial charge in [0.15, 0.2) is 5.13 Å². The first-order chi connectivity index (χ1) is 10.7. The third-order valence-corrected chi connectivity index (χ3v) is 6.38. The molecule has 0 aromatic carbocycles. The summed E-state index contributed by atoms with van der Waals surface area (Å²) in [6.07, 6.45) is 4.29. The summed E-state index contributed by atoms with van der Waals surface area (Å²) < 4.78 is 0. The molecule has 2 fully saturated rings. The van der Waals surface area contributed by atoms with Gasteiger partial charge in [0.1, 0.15) is 0 Å². The number of anilines is 1. The first kappa shape index (κ1) is 16.2. The van der Waals surface area contributed by atoms with Crippen LogP contribution >= 0.6 is 11.3 Å². The lowest BCUT2D eigenvalue weighted by Gasteiger charge is -2.23. The monoisotopic (exact) mass is 337 g/mol. The van der Waals surface area contributed by atoms with E-state index >= 15 is 0 Å². The molecule has 0 spiro atoms. The number of hydrogen-bond acceptors (Lipinski definition) is 4. The molecule has 0 radical (unpaired) electrons. The van der Waals surface area contributed by atoms with E-state index < -0.39 is 11.4 Å². The molecule has 1 saturated heterocycles. The fraction of sp³-hybridized carbons (Fsp3) is 0.688. The first-order valence-electron chi connectivity index (χ1n) is 7.98. The molecule has 1 aromatic rings. The van der Waals surface area contributed by atoms with E-state index in [-0.39, 0.29) is 17.4 Å². The summed E-state index contributed by atoms with van der Waals surface area (Å²) in [6, 6.07) is -0.241. The van der Waals surface area contributed by atoms with Crippen molar-refractivity contribution in [3.8, 4) is 0 Å². The third kappa shape index (κ3) is 2.82. The van der Waals surface area contributed by atoms with Gasteiger partial charge in [0.25, 0.3) is 0 Å². The van der Waals surface area contributed by atoms with Crippen LogP contribution in [0.1, 0.15) is 44.9 Å². The number of nitrogens with zero attached hydrogens (tertiary/aromatic N) is 2. The number of thiazole rings is 1. The number of hydrogen-bond donors (Lipinski definition) is 2. The van der Waals surface area contributed by atoms with Crippen LogP contribution in [-0.2, 0) is 10.2 Å². The van der Waals surface area contributed by atoms with Crippen LogP contribution in [-0.4, -0.2) is 40.1 Å². The number of aromatic nitrogens is 1. The molecule has 0 bridgehead atoms. The zero-order valence-corrected chi connectivity index (χ0v) is 14.6. The van der Waals surface area contributed by atoms with E-state index in [9.17, 15) is 14.7 Å². The summed E-state index contributed by atoms with van der Waals surface area (Å²) >= 11 is 1.47.